The molecule has 1 aliphatic heterocycles. The van der Waals surface area contributed by atoms with Gasteiger partial charge in [0.25, 0.3) is 0 Å². The largest absolute Gasteiger partial charge is 0.297 e. The van der Waals surface area contributed by atoms with Gasteiger partial charge in [-0.2, -0.15) is 5.10 Å². The van der Waals surface area contributed by atoms with E-state index in [0.29, 0.717) is 6.04 Å². The Bertz CT molecular complexity index is 813. The number of benzene rings is 1. The first-order valence-electron chi connectivity index (χ1n) is 9.80. The second-order valence-electron chi connectivity index (χ2n) is 7.84. The molecule has 1 aromatic carbocycles. The highest BCUT2D eigenvalue weighted by molar-refractivity contribution is 7.71. The molecule has 0 bridgehead atoms. The Balaban J connectivity index is 1.70. The zero-order valence-electron chi connectivity index (χ0n) is 15.4. The molecule has 2 fully saturated rings. The van der Waals surface area contributed by atoms with Gasteiger partial charge >= 0.3 is 0 Å². The number of nitrogens with zero attached hydrogens (tertiary/aromatic N) is 4. The van der Waals surface area contributed by atoms with Crippen molar-refractivity contribution >= 4 is 23.8 Å². The lowest BCUT2D eigenvalue weighted by molar-refractivity contribution is 0.145. The Morgan fingerprint density at radius 3 is 2.50 bits per heavy atom. The Hall–Kier alpha value is -1.17. The number of hydrogen-bond donors (Lipinski definition) is 0. The summed E-state index contributed by atoms with van der Waals surface area (Å²) in [7, 11) is 0. The van der Waals surface area contributed by atoms with Gasteiger partial charge in [0.1, 0.15) is 0 Å². The molecule has 2 aliphatic rings. The molecule has 0 atom stereocenters. The molecule has 26 heavy (non-hydrogen) atoms. The maximum atomic E-state index is 6.50. The van der Waals surface area contributed by atoms with Crippen LogP contribution in [0.3, 0.4) is 0 Å². The molecule has 1 aromatic heterocycles. The Morgan fingerprint density at radius 1 is 1.12 bits per heavy atom. The number of halogens is 1. The van der Waals surface area contributed by atoms with Crippen LogP contribution in [0.25, 0.3) is 11.4 Å². The van der Waals surface area contributed by atoms with Crippen molar-refractivity contribution in [1.82, 2.24) is 19.2 Å². The first-order chi connectivity index (χ1) is 12.6. The van der Waals surface area contributed by atoms with Crippen molar-refractivity contribution in [3.8, 4) is 11.4 Å². The van der Waals surface area contributed by atoms with E-state index in [1.54, 1.807) is 0 Å². The maximum absolute atomic E-state index is 6.50. The summed E-state index contributed by atoms with van der Waals surface area (Å²) >= 11 is 12.4. The molecule has 2 heterocycles. The summed E-state index contributed by atoms with van der Waals surface area (Å²) < 4.78 is 5.13. The van der Waals surface area contributed by atoms with Gasteiger partial charge in [-0.3, -0.25) is 9.47 Å². The highest BCUT2D eigenvalue weighted by atomic mass is 35.5. The lowest BCUT2D eigenvalue weighted by atomic mass is 10.00. The minimum Gasteiger partial charge on any atom is -0.297 e. The average Bonchev–Trinajstić information content (AvgIpc) is 3.26. The van der Waals surface area contributed by atoms with Crippen LogP contribution in [0.5, 0.6) is 0 Å². The monoisotopic (exact) mass is 390 g/mol. The SMILES string of the molecule is CC1CCN(Cn2nc(-c3ccccc3Cl)n(C3CCCC3)c2=S)CC1. The van der Waals surface area contributed by atoms with Crippen molar-refractivity contribution in [2.45, 2.75) is 58.2 Å². The van der Waals surface area contributed by atoms with E-state index in [1.807, 2.05) is 22.9 Å². The topological polar surface area (TPSA) is 26.0 Å². The van der Waals surface area contributed by atoms with Gasteiger partial charge < -0.3 is 0 Å². The first kappa shape index (κ1) is 18.2. The summed E-state index contributed by atoms with van der Waals surface area (Å²) in [4.78, 5) is 2.47. The third kappa shape index (κ3) is 3.62. The van der Waals surface area contributed by atoms with E-state index in [-0.39, 0.29) is 0 Å². The molecule has 1 saturated heterocycles. The van der Waals surface area contributed by atoms with Crippen molar-refractivity contribution < 1.29 is 0 Å². The molecule has 0 amide bonds. The summed E-state index contributed by atoms with van der Waals surface area (Å²) in [5, 5.41) is 5.69. The molecule has 0 unspecified atom stereocenters. The van der Waals surface area contributed by atoms with Crippen molar-refractivity contribution in [1.29, 1.82) is 0 Å². The lowest BCUT2D eigenvalue weighted by Crippen LogP contribution is -2.34. The molecule has 2 aromatic rings. The van der Waals surface area contributed by atoms with E-state index in [9.17, 15) is 0 Å². The molecule has 0 N–H and O–H groups in total. The van der Waals surface area contributed by atoms with Crippen LogP contribution in [-0.2, 0) is 6.67 Å². The maximum Gasteiger partial charge on any atom is 0.199 e. The first-order valence-corrected chi connectivity index (χ1v) is 10.6. The van der Waals surface area contributed by atoms with Gasteiger partial charge in [0.2, 0.25) is 0 Å². The fourth-order valence-electron chi connectivity index (χ4n) is 4.22. The molecular weight excluding hydrogens is 364 g/mol. The molecule has 4 rings (SSSR count). The normalized spacial score (nSPS) is 20.1. The minimum absolute atomic E-state index is 0.448. The molecule has 0 spiro atoms. The molecule has 1 saturated carbocycles. The standard InChI is InChI=1S/C20H27ClN4S/c1-15-10-12-23(13-11-15)14-24-20(26)25(16-6-2-3-7-16)19(22-24)17-8-4-5-9-18(17)21/h4-5,8-9,15-16H,2-3,6-7,10-14H2,1H3. The Labute approximate surface area is 165 Å². The fraction of sp³-hybridized carbons (Fsp3) is 0.600. The van der Waals surface area contributed by atoms with Crippen LogP contribution < -0.4 is 0 Å². The minimum atomic E-state index is 0.448. The predicted molar refractivity (Wildman–Crippen MR) is 109 cm³/mol. The summed E-state index contributed by atoms with van der Waals surface area (Å²) in [5.41, 5.74) is 0.984. The molecule has 6 heteroatoms. The zero-order chi connectivity index (χ0) is 18.1. The van der Waals surface area contributed by atoms with Gasteiger partial charge in [-0.1, -0.05) is 43.5 Å². The van der Waals surface area contributed by atoms with E-state index in [2.05, 4.69) is 22.5 Å². The van der Waals surface area contributed by atoms with E-state index < -0.39 is 0 Å². The number of rotatable bonds is 4. The van der Waals surface area contributed by atoms with Crippen LogP contribution in [0.2, 0.25) is 5.02 Å². The zero-order valence-corrected chi connectivity index (χ0v) is 17.0. The number of likely N-dealkylation sites (tertiary alicyclic amines) is 1. The predicted octanol–water partition coefficient (Wildman–Crippen LogP) is 5.54. The van der Waals surface area contributed by atoms with Crippen LogP contribution in [0.15, 0.2) is 24.3 Å². The van der Waals surface area contributed by atoms with Crippen molar-refractivity contribution in [3.63, 3.8) is 0 Å². The average molecular weight is 391 g/mol. The third-order valence-electron chi connectivity index (χ3n) is 5.89. The van der Waals surface area contributed by atoms with E-state index in [1.165, 1.54) is 38.5 Å². The molecule has 0 radical (unpaired) electrons. The third-order valence-corrected chi connectivity index (χ3v) is 6.62. The van der Waals surface area contributed by atoms with Crippen molar-refractivity contribution in [2.24, 2.45) is 5.92 Å². The van der Waals surface area contributed by atoms with E-state index in [4.69, 9.17) is 28.9 Å². The highest BCUT2D eigenvalue weighted by Crippen LogP contribution is 2.35. The lowest BCUT2D eigenvalue weighted by Gasteiger charge is -2.29. The molecule has 140 valence electrons. The summed E-state index contributed by atoms with van der Waals surface area (Å²) in [5.74, 6) is 1.76. The molecular formula is C20H27ClN4S. The molecule has 4 nitrogen and oxygen atoms in total. The smallest absolute Gasteiger partial charge is 0.199 e. The second-order valence-corrected chi connectivity index (χ2v) is 8.61. The van der Waals surface area contributed by atoms with Crippen molar-refractivity contribution in [3.05, 3.63) is 34.1 Å². The van der Waals surface area contributed by atoms with Crippen molar-refractivity contribution in [2.75, 3.05) is 13.1 Å². The van der Waals surface area contributed by atoms with Gasteiger partial charge in [-0.05, 0) is 56.0 Å². The highest BCUT2D eigenvalue weighted by Gasteiger charge is 2.25. The van der Waals surface area contributed by atoms with Gasteiger partial charge in [0, 0.05) is 24.7 Å². The van der Waals surface area contributed by atoms with Crippen LogP contribution in [-0.4, -0.2) is 32.3 Å². The summed E-state index contributed by atoms with van der Waals surface area (Å²) in [6, 6.07) is 8.42. The van der Waals surface area contributed by atoms with Gasteiger partial charge in [-0.25, -0.2) is 4.68 Å². The van der Waals surface area contributed by atoms with Gasteiger partial charge in [0.15, 0.2) is 10.6 Å². The van der Waals surface area contributed by atoms with Crippen LogP contribution in [0, 0.1) is 10.7 Å². The second kappa shape index (κ2) is 7.83. The van der Waals surface area contributed by atoms with Crippen LogP contribution in [0.1, 0.15) is 51.5 Å². The number of aromatic nitrogens is 3. The van der Waals surface area contributed by atoms with Gasteiger partial charge in [0.05, 0.1) is 11.7 Å². The van der Waals surface area contributed by atoms with Crippen LogP contribution in [0.4, 0.5) is 0 Å². The number of hydrogen-bond acceptors (Lipinski definition) is 3. The van der Waals surface area contributed by atoms with E-state index in [0.717, 1.165) is 46.9 Å². The summed E-state index contributed by atoms with van der Waals surface area (Å²) in [6.07, 6.45) is 7.41. The van der Waals surface area contributed by atoms with Gasteiger partial charge in [-0.15, -0.1) is 0 Å². The Morgan fingerprint density at radius 2 is 1.81 bits per heavy atom. The van der Waals surface area contributed by atoms with Crippen LogP contribution >= 0.6 is 23.8 Å². The van der Waals surface area contributed by atoms with E-state index >= 15 is 0 Å². The fourth-order valence-corrected chi connectivity index (χ4v) is 4.78. The summed E-state index contributed by atoms with van der Waals surface area (Å²) in [6.45, 7) is 5.37. The quantitative estimate of drug-likeness (QED) is 0.641. The number of piperidine rings is 1. The Kier molecular flexibility index (Phi) is 5.48. The molecule has 1 aliphatic carbocycles.